The van der Waals surface area contributed by atoms with E-state index < -0.39 is 11.9 Å². The second kappa shape index (κ2) is 8.87. The molecule has 0 saturated carbocycles. The van der Waals surface area contributed by atoms with Gasteiger partial charge in [0.15, 0.2) is 0 Å². The molecule has 0 spiro atoms. The Hall–Kier alpha value is -2.20. The van der Waals surface area contributed by atoms with Gasteiger partial charge in [0.2, 0.25) is 5.91 Å². The molecule has 0 atom stereocenters. The SMILES string of the molecule is Cc1nn(CCC(=O)Nc2sc(C(N)=O)c(C)c2C(=O)OC(C)C)c(C)c1Br. The van der Waals surface area contributed by atoms with Gasteiger partial charge in [-0.3, -0.25) is 14.3 Å². The number of nitrogens with zero attached hydrogens (tertiary/aromatic N) is 2. The molecule has 0 aliphatic carbocycles. The van der Waals surface area contributed by atoms with Crippen LogP contribution in [0.2, 0.25) is 0 Å². The maximum absolute atomic E-state index is 12.5. The number of ether oxygens (including phenoxy) is 1. The number of hydrogen-bond donors (Lipinski definition) is 2. The zero-order valence-electron chi connectivity index (χ0n) is 16.4. The summed E-state index contributed by atoms with van der Waals surface area (Å²) in [5.41, 5.74) is 7.72. The third-order valence-corrected chi connectivity index (χ3v) is 6.38. The Balaban J connectivity index is 2.20. The molecule has 0 fully saturated rings. The van der Waals surface area contributed by atoms with Gasteiger partial charge in [-0.15, -0.1) is 11.3 Å². The third-order valence-electron chi connectivity index (χ3n) is 4.01. The molecular weight excluding hydrogens is 448 g/mol. The number of primary amides is 1. The Bertz CT molecular complexity index is 933. The summed E-state index contributed by atoms with van der Waals surface area (Å²) in [7, 11) is 0. The van der Waals surface area contributed by atoms with Crippen LogP contribution in [0.1, 0.15) is 57.2 Å². The van der Waals surface area contributed by atoms with E-state index in [-0.39, 0.29) is 33.9 Å². The van der Waals surface area contributed by atoms with Gasteiger partial charge in [-0.1, -0.05) is 0 Å². The fourth-order valence-corrected chi connectivity index (χ4v) is 3.99. The predicted octanol–water partition coefficient (Wildman–Crippen LogP) is 3.33. The number of esters is 1. The average molecular weight is 471 g/mol. The van der Waals surface area contributed by atoms with Gasteiger partial charge in [-0.25, -0.2) is 4.79 Å². The van der Waals surface area contributed by atoms with Gasteiger partial charge in [0.05, 0.1) is 33.3 Å². The molecule has 0 bridgehead atoms. The number of amides is 2. The van der Waals surface area contributed by atoms with Crippen molar-refractivity contribution >= 4 is 50.1 Å². The van der Waals surface area contributed by atoms with Crippen LogP contribution in [-0.4, -0.2) is 33.7 Å². The lowest BCUT2D eigenvalue weighted by atomic mass is 10.1. The van der Waals surface area contributed by atoms with Gasteiger partial charge in [-0.2, -0.15) is 5.10 Å². The molecule has 2 heterocycles. The lowest BCUT2D eigenvalue weighted by molar-refractivity contribution is -0.116. The van der Waals surface area contributed by atoms with E-state index in [9.17, 15) is 14.4 Å². The molecule has 2 aromatic rings. The molecule has 0 aromatic carbocycles. The highest BCUT2D eigenvalue weighted by molar-refractivity contribution is 9.10. The number of thiophene rings is 1. The van der Waals surface area contributed by atoms with Crippen molar-refractivity contribution in [3.05, 3.63) is 31.9 Å². The van der Waals surface area contributed by atoms with Crippen LogP contribution >= 0.6 is 27.3 Å². The van der Waals surface area contributed by atoms with Crippen molar-refractivity contribution in [2.75, 3.05) is 5.32 Å². The van der Waals surface area contributed by atoms with Crippen molar-refractivity contribution in [3.8, 4) is 0 Å². The number of rotatable bonds is 7. The molecule has 3 N–H and O–H groups in total. The molecule has 0 aliphatic rings. The van der Waals surface area contributed by atoms with Crippen molar-refractivity contribution in [3.63, 3.8) is 0 Å². The van der Waals surface area contributed by atoms with Gasteiger partial charge >= 0.3 is 5.97 Å². The Morgan fingerprint density at radius 2 is 1.93 bits per heavy atom. The zero-order valence-corrected chi connectivity index (χ0v) is 18.8. The Morgan fingerprint density at radius 1 is 1.29 bits per heavy atom. The number of hydrogen-bond acceptors (Lipinski definition) is 6. The molecule has 0 unspecified atom stereocenters. The Morgan fingerprint density at radius 3 is 2.43 bits per heavy atom. The number of halogens is 1. The summed E-state index contributed by atoms with van der Waals surface area (Å²) >= 11 is 4.42. The highest BCUT2D eigenvalue weighted by Crippen LogP contribution is 2.34. The molecule has 10 heteroatoms. The lowest BCUT2D eigenvalue weighted by Gasteiger charge is -2.10. The molecule has 152 valence electrons. The summed E-state index contributed by atoms with van der Waals surface area (Å²) in [5.74, 6) is -1.57. The standard InChI is InChI=1S/C18H23BrN4O4S/c1-8(2)27-18(26)13-9(3)15(16(20)25)28-17(13)21-12(24)6-7-23-11(5)14(19)10(4)22-23/h8H,6-7H2,1-5H3,(H2,20,25)(H,21,24). The van der Waals surface area contributed by atoms with Crippen molar-refractivity contribution in [2.45, 2.75) is 53.7 Å². The summed E-state index contributed by atoms with van der Waals surface area (Å²) in [6.45, 7) is 9.21. The van der Waals surface area contributed by atoms with Gasteiger partial charge in [0, 0.05) is 12.1 Å². The lowest BCUT2D eigenvalue weighted by Crippen LogP contribution is -2.18. The molecule has 0 aliphatic heterocycles. The van der Waals surface area contributed by atoms with E-state index in [0.29, 0.717) is 12.1 Å². The summed E-state index contributed by atoms with van der Waals surface area (Å²) in [4.78, 5) is 36.8. The highest BCUT2D eigenvalue weighted by atomic mass is 79.9. The maximum Gasteiger partial charge on any atom is 0.341 e. The topological polar surface area (TPSA) is 116 Å². The van der Waals surface area contributed by atoms with Gasteiger partial charge in [-0.05, 0) is 56.1 Å². The number of carbonyl (C=O) groups is 3. The Kier molecular flexibility index (Phi) is 7.00. The second-order valence-electron chi connectivity index (χ2n) is 6.58. The van der Waals surface area contributed by atoms with Crippen molar-refractivity contribution < 1.29 is 19.1 Å². The van der Waals surface area contributed by atoms with Crippen LogP contribution in [0.15, 0.2) is 4.47 Å². The average Bonchev–Trinajstić information content (AvgIpc) is 3.04. The van der Waals surface area contributed by atoms with E-state index in [1.807, 2.05) is 13.8 Å². The smallest absolute Gasteiger partial charge is 0.341 e. The van der Waals surface area contributed by atoms with E-state index in [2.05, 4.69) is 26.3 Å². The number of nitrogens with one attached hydrogen (secondary N) is 1. The van der Waals surface area contributed by atoms with Crippen LogP contribution in [0.3, 0.4) is 0 Å². The molecular formula is C18H23BrN4O4S. The number of carbonyl (C=O) groups excluding carboxylic acids is 3. The number of anilines is 1. The largest absolute Gasteiger partial charge is 0.459 e. The zero-order chi connectivity index (χ0) is 21.2. The van der Waals surface area contributed by atoms with E-state index in [1.165, 1.54) is 0 Å². The fraction of sp³-hybridized carbons (Fsp3) is 0.444. The number of aromatic nitrogens is 2. The van der Waals surface area contributed by atoms with Crippen molar-refractivity contribution in [2.24, 2.45) is 5.73 Å². The summed E-state index contributed by atoms with van der Waals surface area (Å²) in [5, 5.41) is 7.34. The van der Waals surface area contributed by atoms with E-state index in [0.717, 1.165) is 27.2 Å². The molecule has 28 heavy (non-hydrogen) atoms. The normalized spacial score (nSPS) is 11.0. The first kappa shape index (κ1) is 22.1. The maximum atomic E-state index is 12.5. The van der Waals surface area contributed by atoms with Crippen LogP contribution in [0.25, 0.3) is 0 Å². The van der Waals surface area contributed by atoms with E-state index in [1.54, 1.807) is 25.5 Å². The van der Waals surface area contributed by atoms with Crippen LogP contribution in [0.5, 0.6) is 0 Å². The number of aryl methyl sites for hydroxylation is 2. The monoisotopic (exact) mass is 470 g/mol. The van der Waals surface area contributed by atoms with Gasteiger partial charge in [0.25, 0.3) is 5.91 Å². The van der Waals surface area contributed by atoms with Crippen LogP contribution in [0, 0.1) is 20.8 Å². The van der Waals surface area contributed by atoms with Crippen LogP contribution in [-0.2, 0) is 16.1 Å². The first-order valence-corrected chi connectivity index (χ1v) is 10.3. The molecule has 0 saturated heterocycles. The first-order valence-electron chi connectivity index (χ1n) is 8.66. The first-order chi connectivity index (χ1) is 13.0. The molecule has 2 aromatic heterocycles. The molecule has 2 rings (SSSR count). The summed E-state index contributed by atoms with van der Waals surface area (Å²) in [6.07, 6.45) is -0.188. The minimum absolute atomic E-state index is 0.149. The second-order valence-corrected chi connectivity index (χ2v) is 8.40. The van der Waals surface area contributed by atoms with Crippen molar-refractivity contribution in [1.29, 1.82) is 0 Å². The number of nitrogens with two attached hydrogens (primary N) is 1. The minimum Gasteiger partial charge on any atom is -0.459 e. The summed E-state index contributed by atoms with van der Waals surface area (Å²) < 4.78 is 7.88. The molecule has 8 nitrogen and oxygen atoms in total. The summed E-state index contributed by atoms with van der Waals surface area (Å²) in [6, 6.07) is 0. The van der Waals surface area contributed by atoms with Crippen LogP contribution < -0.4 is 11.1 Å². The quantitative estimate of drug-likeness (QED) is 0.601. The van der Waals surface area contributed by atoms with E-state index >= 15 is 0 Å². The van der Waals surface area contributed by atoms with Gasteiger partial charge in [0.1, 0.15) is 5.00 Å². The minimum atomic E-state index is -0.658. The third kappa shape index (κ3) is 4.79. The van der Waals surface area contributed by atoms with Crippen molar-refractivity contribution in [1.82, 2.24) is 9.78 Å². The predicted molar refractivity (Wildman–Crippen MR) is 111 cm³/mol. The van der Waals surface area contributed by atoms with E-state index in [4.69, 9.17) is 10.5 Å². The van der Waals surface area contributed by atoms with Crippen LogP contribution in [0.4, 0.5) is 5.00 Å². The molecule has 2 amide bonds. The fourth-order valence-electron chi connectivity index (χ4n) is 2.64. The Labute approximate surface area is 175 Å². The molecule has 0 radical (unpaired) electrons. The van der Waals surface area contributed by atoms with Gasteiger partial charge < -0.3 is 15.8 Å². The highest BCUT2D eigenvalue weighted by Gasteiger charge is 2.26.